The summed E-state index contributed by atoms with van der Waals surface area (Å²) >= 11 is 1.11. The lowest BCUT2D eigenvalue weighted by Gasteiger charge is -2.31. The minimum Gasteiger partial charge on any atom is -0.348 e. The van der Waals surface area contributed by atoms with Crippen LogP contribution in [0.25, 0.3) is 0 Å². The summed E-state index contributed by atoms with van der Waals surface area (Å²) in [6.45, 7) is 3.91. The maximum Gasteiger partial charge on any atom is 0.250 e. The smallest absolute Gasteiger partial charge is 0.250 e. The molecule has 1 aromatic heterocycles. The standard InChI is InChI=1S/C12H21N3O3S2/c1-3-12(4-2,9-13)15-10(16)8-14-20(17,18)11-6-5-7-19-11/h5-7,14H,3-4,8-9,13H2,1-2H3,(H,15,16). The van der Waals surface area contributed by atoms with Crippen molar-refractivity contribution < 1.29 is 13.2 Å². The Morgan fingerprint density at radius 1 is 1.40 bits per heavy atom. The van der Waals surface area contributed by atoms with Gasteiger partial charge in [-0.25, -0.2) is 13.1 Å². The summed E-state index contributed by atoms with van der Waals surface area (Å²) in [4.78, 5) is 11.9. The molecule has 114 valence electrons. The normalized spacial score (nSPS) is 12.3. The molecule has 8 heteroatoms. The second-order valence-electron chi connectivity index (χ2n) is 4.50. The molecule has 0 bridgehead atoms. The maximum atomic E-state index is 11.9. The third kappa shape index (κ3) is 4.27. The first-order valence-corrected chi connectivity index (χ1v) is 8.79. The van der Waals surface area contributed by atoms with Gasteiger partial charge >= 0.3 is 0 Å². The summed E-state index contributed by atoms with van der Waals surface area (Å²) in [5.74, 6) is -0.376. The summed E-state index contributed by atoms with van der Waals surface area (Å²) in [6.07, 6.45) is 1.40. The lowest BCUT2D eigenvalue weighted by molar-refractivity contribution is -0.121. The van der Waals surface area contributed by atoms with E-state index in [0.29, 0.717) is 19.4 Å². The Bertz CT molecular complexity index is 514. The quantitative estimate of drug-likeness (QED) is 0.655. The van der Waals surface area contributed by atoms with Gasteiger partial charge in [-0.05, 0) is 24.3 Å². The molecule has 0 spiro atoms. The van der Waals surface area contributed by atoms with E-state index >= 15 is 0 Å². The third-order valence-electron chi connectivity index (χ3n) is 3.33. The van der Waals surface area contributed by atoms with Crippen molar-refractivity contribution in [3.05, 3.63) is 17.5 Å². The fourth-order valence-corrected chi connectivity index (χ4v) is 3.77. The number of amides is 1. The summed E-state index contributed by atoms with van der Waals surface area (Å²) < 4.78 is 26.2. The van der Waals surface area contributed by atoms with Crippen LogP contribution in [0.4, 0.5) is 0 Å². The first-order valence-electron chi connectivity index (χ1n) is 6.43. The second kappa shape index (κ2) is 7.16. The molecule has 0 atom stereocenters. The van der Waals surface area contributed by atoms with Crippen LogP contribution in [0, 0.1) is 0 Å². The zero-order chi connectivity index (χ0) is 15.2. The molecule has 0 saturated carbocycles. The number of hydrogen-bond acceptors (Lipinski definition) is 5. The van der Waals surface area contributed by atoms with Gasteiger partial charge in [-0.2, -0.15) is 0 Å². The van der Waals surface area contributed by atoms with Crippen LogP contribution in [0.15, 0.2) is 21.7 Å². The summed E-state index contributed by atoms with van der Waals surface area (Å²) in [5, 5.41) is 4.48. The van der Waals surface area contributed by atoms with Crippen LogP contribution in [0.3, 0.4) is 0 Å². The van der Waals surface area contributed by atoms with Crippen molar-refractivity contribution in [1.82, 2.24) is 10.0 Å². The van der Waals surface area contributed by atoms with Gasteiger partial charge < -0.3 is 11.1 Å². The third-order valence-corrected chi connectivity index (χ3v) is 6.13. The molecule has 6 nitrogen and oxygen atoms in total. The number of nitrogens with two attached hydrogens (primary N) is 1. The average Bonchev–Trinajstić information content (AvgIpc) is 2.98. The predicted octanol–water partition coefficient (Wildman–Crippen LogP) is 0.660. The molecule has 0 saturated heterocycles. The molecule has 20 heavy (non-hydrogen) atoms. The minimum absolute atomic E-state index is 0.196. The van der Waals surface area contributed by atoms with Gasteiger partial charge in [-0.1, -0.05) is 19.9 Å². The monoisotopic (exact) mass is 319 g/mol. The van der Waals surface area contributed by atoms with Crippen LogP contribution in [0.1, 0.15) is 26.7 Å². The van der Waals surface area contributed by atoms with Crippen molar-refractivity contribution in [3.8, 4) is 0 Å². The molecule has 0 aromatic carbocycles. The van der Waals surface area contributed by atoms with E-state index in [4.69, 9.17) is 5.73 Å². The molecule has 0 radical (unpaired) electrons. The van der Waals surface area contributed by atoms with E-state index in [9.17, 15) is 13.2 Å². The maximum absolute atomic E-state index is 11.9. The molecule has 0 aliphatic heterocycles. The molecule has 1 rings (SSSR count). The van der Waals surface area contributed by atoms with Gasteiger partial charge in [0.15, 0.2) is 0 Å². The lowest BCUT2D eigenvalue weighted by atomic mass is 9.93. The van der Waals surface area contributed by atoms with E-state index in [1.54, 1.807) is 11.4 Å². The number of carbonyl (C=O) groups excluding carboxylic acids is 1. The Kier molecular flexibility index (Phi) is 6.12. The topological polar surface area (TPSA) is 101 Å². The summed E-state index contributed by atoms with van der Waals surface area (Å²) in [7, 11) is -3.61. The molecule has 4 N–H and O–H groups in total. The highest BCUT2D eigenvalue weighted by atomic mass is 32.2. The predicted molar refractivity (Wildman–Crippen MR) is 80.0 cm³/mol. The minimum atomic E-state index is -3.61. The molecule has 0 fully saturated rings. The zero-order valence-electron chi connectivity index (χ0n) is 11.7. The fourth-order valence-electron chi connectivity index (χ4n) is 1.75. The number of rotatable bonds is 8. The highest BCUT2D eigenvalue weighted by Gasteiger charge is 2.26. The van der Waals surface area contributed by atoms with Crippen molar-refractivity contribution in [2.45, 2.75) is 36.4 Å². The van der Waals surface area contributed by atoms with Crippen LogP contribution in [-0.2, 0) is 14.8 Å². The number of hydrogen-bond donors (Lipinski definition) is 3. The Hall–Kier alpha value is -0.960. The Morgan fingerprint density at radius 2 is 2.05 bits per heavy atom. The van der Waals surface area contributed by atoms with Gasteiger partial charge in [0, 0.05) is 6.54 Å². The Balaban J connectivity index is 2.60. The van der Waals surface area contributed by atoms with E-state index < -0.39 is 15.6 Å². The van der Waals surface area contributed by atoms with E-state index in [1.807, 2.05) is 13.8 Å². The van der Waals surface area contributed by atoms with Gasteiger partial charge in [0.1, 0.15) is 4.21 Å². The van der Waals surface area contributed by atoms with Crippen LogP contribution in [0.2, 0.25) is 0 Å². The van der Waals surface area contributed by atoms with Crippen LogP contribution >= 0.6 is 11.3 Å². The molecule has 0 unspecified atom stereocenters. The SMILES string of the molecule is CCC(CC)(CN)NC(=O)CNS(=O)(=O)c1cccs1. The molecule has 1 heterocycles. The number of carbonyl (C=O) groups is 1. The van der Waals surface area contributed by atoms with Crippen molar-refractivity contribution in [2.24, 2.45) is 5.73 Å². The van der Waals surface area contributed by atoms with Gasteiger partial charge in [0.25, 0.3) is 10.0 Å². The fraction of sp³-hybridized carbons (Fsp3) is 0.583. The molecule has 1 aromatic rings. The van der Waals surface area contributed by atoms with E-state index in [0.717, 1.165) is 11.3 Å². The van der Waals surface area contributed by atoms with Crippen molar-refractivity contribution >= 4 is 27.3 Å². The van der Waals surface area contributed by atoms with Crippen molar-refractivity contribution in [1.29, 1.82) is 0 Å². The molecular weight excluding hydrogens is 298 g/mol. The van der Waals surface area contributed by atoms with Crippen molar-refractivity contribution in [2.75, 3.05) is 13.1 Å². The molecular formula is C12H21N3O3S2. The first kappa shape index (κ1) is 17.1. The van der Waals surface area contributed by atoms with Crippen molar-refractivity contribution in [3.63, 3.8) is 0 Å². The highest BCUT2D eigenvalue weighted by Crippen LogP contribution is 2.15. The molecule has 0 aliphatic carbocycles. The molecule has 1 amide bonds. The van der Waals surface area contributed by atoms with Crippen LogP contribution in [0.5, 0.6) is 0 Å². The van der Waals surface area contributed by atoms with Gasteiger partial charge in [-0.15, -0.1) is 11.3 Å². The largest absolute Gasteiger partial charge is 0.348 e. The van der Waals surface area contributed by atoms with E-state index in [1.165, 1.54) is 6.07 Å². The van der Waals surface area contributed by atoms with Gasteiger partial charge in [0.05, 0.1) is 12.1 Å². The van der Waals surface area contributed by atoms with Gasteiger partial charge in [-0.3, -0.25) is 4.79 Å². The molecule has 0 aliphatic rings. The average molecular weight is 319 g/mol. The van der Waals surface area contributed by atoms with Crippen LogP contribution in [-0.4, -0.2) is 33.0 Å². The Labute approximate surface area is 123 Å². The zero-order valence-corrected chi connectivity index (χ0v) is 13.3. The Morgan fingerprint density at radius 3 is 2.50 bits per heavy atom. The number of sulfonamides is 1. The lowest BCUT2D eigenvalue weighted by Crippen LogP contribution is -2.55. The van der Waals surface area contributed by atoms with E-state index in [-0.39, 0.29) is 16.7 Å². The van der Waals surface area contributed by atoms with E-state index in [2.05, 4.69) is 10.0 Å². The van der Waals surface area contributed by atoms with Crippen LogP contribution < -0.4 is 15.8 Å². The summed E-state index contributed by atoms with van der Waals surface area (Å²) in [6, 6.07) is 3.14. The first-order chi connectivity index (χ1) is 9.39. The number of nitrogens with one attached hydrogen (secondary N) is 2. The summed E-state index contributed by atoms with van der Waals surface area (Å²) in [5.41, 5.74) is 5.22. The van der Waals surface area contributed by atoms with Gasteiger partial charge in [0.2, 0.25) is 5.91 Å². The highest BCUT2D eigenvalue weighted by molar-refractivity contribution is 7.91. The second-order valence-corrected chi connectivity index (χ2v) is 7.44. The number of thiophene rings is 1.